The molecule has 1 aromatic rings. The van der Waals surface area contributed by atoms with Gasteiger partial charge in [-0.1, -0.05) is 25.5 Å². The van der Waals surface area contributed by atoms with Crippen molar-refractivity contribution in [2.75, 3.05) is 20.3 Å². The molecule has 3 heteroatoms. The summed E-state index contributed by atoms with van der Waals surface area (Å²) in [5.74, 6) is 2.23. The van der Waals surface area contributed by atoms with Gasteiger partial charge in [-0.25, -0.2) is 0 Å². The molecule has 0 bridgehead atoms. The summed E-state index contributed by atoms with van der Waals surface area (Å²) in [6.45, 7) is 11.0. The van der Waals surface area contributed by atoms with E-state index in [0.29, 0.717) is 12.5 Å². The van der Waals surface area contributed by atoms with Gasteiger partial charge in [0.25, 0.3) is 0 Å². The molecule has 0 aliphatic rings. The van der Waals surface area contributed by atoms with Crippen LogP contribution in [-0.4, -0.2) is 20.3 Å². The first-order valence-corrected chi connectivity index (χ1v) is 7.16. The maximum atomic E-state index is 5.78. The highest BCUT2D eigenvalue weighted by atomic mass is 16.5. The number of ether oxygens (including phenoxy) is 2. The minimum absolute atomic E-state index is 0.571. The molecule has 20 heavy (non-hydrogen) atoms. The molecule has 1 rings (SSSR count). The van der Waals surface area contributed by atoms with Crippen LogP contribution in [0.15, 0.2) is 29.8 Å². The summed E-state index contributed by atoms with van der Waals surface area (Å²) < 4.78 is 11.1. The smallest absolute Gasteiger partial charge is 0.161 e. The molecule has 112 valence electrons. The number of methoxy groups -OCH3 is 1. The normalized spacial score (nSPS) is 10.5. The molecule has 0 amide bonds. The third-order valence-corrected chi connectivity index (χ3v) is 2.84. The molecule has 0 unspecified atom stereocenters. The first-order chi connectivity index (χ1) is 9.52. The number of benzene rings is 1. The van der Waals surface area contributed by atoms with Crippen LogP contribution in [0.1, 0.15) is 33.3 Å². The lowest BCUT2D eigenvalue weighted by Crippen LogP contribution is -2.18. The van der Waals surface area contributed by atoms with E-state index in [2.05, 4.69) is 45.2 Å². The Hall–Kier alpha value is -1.48. The molecule has 3 nitrogen and oxygen atoms in total. The van der Waals surface area contributed by atoms with Crippen molar-refractivity contribution in [3.63, 3.8) is 0 Å². The Morgan fingerprint density at radius 3 is 2.60 bits per heavy atom. The van der Waals surface area contributed by atoms with E-state index < -0.39 is 0 Å². The van der Waals surface area contributed by atoms with Gasteiger partial charge in [0.15, 0.2) is 11.5 Å². The Bertz CT molecular complexity index is 435. The molecule has 0 fully saturated rings. The molecular weight excluding hydrogens is 250 g/mol. The first-order valence-electron chi connectivity index (χ1n) is 7.16. The molecule has 0 saturated heterocycles. The van der Waals surface area contributed by atoms with Gasteiger partial charge in [0.1, 0.15) is 6.61 Å². The SMILES string of the molecule is COc1ccc(CNCC(C)C)cc1OCC=C(C)C. The van der Waals surface area contributed by atoms with Crippen molar-refractivity contribution >= 4 is 0 Å². The van der Waals surface area contributed by atoms with Gasteiger partial charge in [-0.15, -0.1) is 0 Å². The second-order valence-corrected chi connectivity index (χ2v) is 5.60. The lowest BCUT2D eigenvalue weighted by molar-refractivity contribution is 0.325. The zero-order valence-corrected chi connectivity index (χ0v) is 13.3. The molecule has 0 aliphatic carbocycles. The Morgan fingerprint density at radius 2 is 2.00 bits per heavy atom. The Labute approximate surface area is 123 Å². The monoisotopic (exact) mass is 277 g/mol. The average Bonchev–Trinajstić information content (AvgIpc) is 2.38. The van der Waals surface area contributed by atoms with Gasteiger partial charge in [-0.3, -0.25) is 0 Å². The topological polar surface area (TPSA) is 30.5 Å². The molecule has 0 aliphatic heterocycles. The van der Waals surface area contributed by atoms with Gasteiger partial charge < -0.3 is 14.8 Å². The Kier molecular flexibility index (Phi) is 7.16. The van der Waals surface area contributed by atoms with Gasteiger partial charge in [-0.05, 0) is 50.1 Å². The van der Waals surface area contributed by atoms with Crippen LogP contribution in [0, 0.1) is 5.92 Å². The van der Waals surface area contributed by atoms with E-state index in [-0.39, 0.29) is 0 Å². The summed E-state index contributed by atoms with van der Waals surface area (Å²) in [5, 5.41) is 3.43. The summed E-state index contributed by atoms with van der Waals surface area (Å²) in [7, 11) is 1.67. The van der Waals surface area contributed by atoms with Crippen LogP contribution in [-0.2, 0) is 6.54 Å². The van der Waals surface area contributed by atoms with Crippen LogP contribution in [0.5, 0.6) is 11.5 Å². The quantitative estimate of drug-likeness (QED) is 0.733. The van der Waals surface area contributed by atoms with Gasteiger partial charge >= 0.3 is 0 Å². The molecule has 0 spiro atoms. The van der Waals surface area contributed by atoms with E-state index in [1.807, 2.05) is 12.1 Å². The van der Waals surface area contributed by atoms with E-state index in [4.69, 9.17) is 9.47 Å². The zero-order valence-electron chi connectivity index (χ0n) is 13.3. The van der Waals surface area contributed by atoms with Gasteiger partial charge in [0, 0.05) is 6.54 Å². The summed E-state index contributed by atoms with van der Waals surface area (Å²) in [6, 6.07) is 6.08. The average molecular weight is 277 g/mol. The van der Waals surface area contributed by atoms with Crippen molar-refractivity contribution in [3.8, 4) is 11.5 Å². The first kappa shape index (κ1) is 16.6. The second kappa shape index (κ2) is 8.64. The number of hydrogen-bond acceptors (Lipinski definition) is 3. The maximum absolute atomic E-state index is 5.78. The maximum Gasteiger partial charge on any atom is 0.161 e. The highest BCUT2D eigenvalue weighted by Gasteiger charge is 2.05. The highest BCUT2D eigenvalue weighted by Crippen LogP contribution is 2.28. The number of nitrogens with one attached hydrogen (secondary N) is 1. The minimum Gasteiger partial charge on any atom is -0.493 e. The van der Waals surface area contributed by atoms with E-state index in [0.717, 1.165) is 24.6 Å². The van der Waals surface area contributed by atoms with E-state index in [1.54, 1.807) is 7.11 Å². The van der Waals surface area contributed by atoms with Crippen molar-refractivity contribution in [3.05, 3.63) is 35.4 Å². The molecule has 1 N–H and O–H groups in total. The lowest BCUT2D eigenvalue weighted by Gasteiger charge is -2.12. The standard InChI is InChI=1S/C17H27NO2/c1-13(2)8-9-20-17-10-15(6-7-16(17)19-5)12-18-11-14(3)4/h6-8,10,14,18H,9,11-12H2,1-5H3. The third-order valence-electron chi connectivity index (χ3n) is 2.84. The van der Waals surface area contributed by atoms with Crippen LogP contribution in [0.2, 0.25) is 0 Å². The highest BCUT2D eigenvalue weighted by molar-refractivity contribution is 5.43. The number of rotatable bonds is 8. The van der Waals surface area contributed by atoms with Crippen LogP contribution < -0.4 is 14.8 Å². The van der Waals surface area contributed by atoms with Crippen molar-refractivity contribution in [1.82, 2.24) is 5.32 Å². The van der Waals surface area contributed by atoms with Crippen molar-refractivity contribution in [1.29, 1.82) is 0 Å². The number of hydrogen-bond donors (Lipinski definition) is 1. The lowest BCUT2D eigenvalue weighted by atomic mass is 10.2. The fourth-order valence-corrected chi connectivity index (χ4v) is 1.75. The van der Waals surface area contributed by atoms with Crippen LogP contribution in [0.3, 0.4) is 0 Å². The fourth-order valence-electron chi connectivity index (χ4n) is 1.75. The molecule has 0 atom stereocenters. The van der Waals surface area contributed by atoms with Gasteiger partial charge in [0.05, 0.1) is 7.11 Å². The minimum atomic E-state index is 0.571. The molecule has 1 aromatic carbocycles. The van der Waals surface area contributed by atoms with Crippen LogP contribution in [0.4, 0.5) is 0 Å². The van der Waals surface area contributed by atoms with Crippen molar-refractivity contribution < 1.29 is 9.47 Å². The largest absolute Gasteiger partial charge is 0.493 e. The van der Waals surface area contributed by atoms with E-state index in [1.165, 1.54) is 11.1 Å². The van der Waals surface area contributed by atoms with E-state index in [9.17, 15) is 0 Å². The van der Waals surface area contributed by atoms with Crippen molar-refractivity contribution in [2.45, 2.75) is 34.2 Å². The molecule has 0 aromatic heterocycles. The summed E-state index contributed by atoms with van der Waals surface area (Å²) in [5.41, 5.74) is 2.46. The zero-order chi connectivity index (χ0) is 15.0. The predicted octanol–water partition coefficient (Wildman–Crippen LogP) is 3.79. The summed E-state index contributed by atoms with van der Waals surface area (Å²) in [4.78, 5) is 0. The molecular formula is C17H27NO2. The Morgan fingerprint density at radius 1 is 1.25 bits per heavy atom. The Balaban J connectivity index is 2.67. The summed E-state index contributed by atoms with van der Waals surface area (Å²) >= 11 is 0. The van der Waals surface area contributed by atoms with E-state index >= 15 is 0 Å². The third kappa shape index (κ3) is 6.11. The van der Waals surface area contributed by atoms with Gasteiger partial charge in [0.2, 0.25) is 0 Å². The summed E-state index contributed by atoms with van der Waals surface area (Å²) in [6.07, 6.45) is 2.06. The second-order valence-electron chi connectivity index (χ2n) is 5.60. The fraction of sp³-hybridized carbons (Fsp3) is 0.529. The predicted molar refractivity (Wildman–Crippen MR) is 84.5 cm³/mol. The molecule has 0 saturated carbocycles. The molecule has 0 radical (unpaired) electrons. The molecule has 0 heterocycles. The van der Waals surface area contributed by atoms with Crippen LogP contribution in [0.25, 0.3) is 0 Å². The number of allylic oxidation sites excluding steroid dienone is 1. The van der Waals surface area contributed by atoms with Gasteiger partial charge in [-0.2, -0.15) is 0 Å². The van der Waals surface area contributed by atoms with Crippen molar-refractivity contribution in [2.24, 2.45) is 5.92 Å². The van der Waals surface area contributed by atoms with Crippen LogP contribution >= 0.6 is 0 Å².